The molecule has 1 N–H and O–H groups in total. The number of nitrogens with zero attached hydrogens (tertiary/aromatic N) is 1. The van der Waals surface area contributed by atoms with Crippen LogP contribution in [0.2, 0.25) is 0 Å². The van der Waals surface area contributed by atoms with Crippen molar-refractivity contribution in [1.82, 2.24) is 0 Å². The number of aliphatic hydroxyl groups is 1. The molecule has 1 atom stereocenters. The van der Waals surface area contributed by atoms with Crippen LogP contribution in [0.5, 0.6) is 5.75 Å². The number of benzene rings is 3. The number of anilines is 1. The Morgan fingerprint density at radius 1 is 1.00 bits per heavy atom. The molecule has 33 heavy (non-hydrogen) atoms. The fourth-order valence-electron chi connectivity index (χ4n) is 4.30. The zero-order valence-electron chi connectivity index (χ0n) is 19.0. The van der Waals surface area contributed by atoms with Crippen molar-refractivity contribution < 1.29 is 19.4 Å². The van der Waals surface area contributed by atoms with Gasteiger partial charge in [0, 0.05) is 12.1 Å². The molecule has 0 saturated carbocycles. The second kappa shape index (κ2) is 9.33. The van der Waals surface area contributed by atoms with Crippen molar-refractivity contribution in [2.75, 3.05) is 12.0 Å². The molecular weight excluding hydrogens is 414 g/mol. The first-order valence-electron chi connectivity index (χ1n) is 11.0. The average Bonchev–Trinajstić information content (AvgIpc) is 3.10. The Hall–Kier alpha value is -3.86. The summed E-state index contributed by atoms with van der Waals surface area (Å²) in [5, 5.41) is 10.9. The number of hydrogen-bond acceptors (Lipinski definition) is 4. The van der Waals surface area contributed by atoms with Gasteiger partial charge in [0.1, 0.15) is 5.75 Å². The van der Waals surface area contributed by atoms with E-state index in [-0.39, 0.29) is 17.8 Å². The molecular formula is C28H27NO4. The van der Waals surface area contributed by atoms with E-state index in [0.29, 0.717) is 23.4 Å². The van der Waals surface area contributed by atoms with Gasteiger partial charge in [0.2, 0.25) is 0 Å². The molecule has 0 aromatic heterocycles. The Morgan fingerprint density at radius 2 is 1.73 bits per heavy atom. The summed E-state index contributed by atoms with van der Waals surface area (Å²) in [6, 6.07) is 21.9. The summed E-state index contributed by atoms with van der Waals surface area (Å²) < 4.78 is 5.39. The molecule has 1 unspecified atom stereocenters. The minimum Gasteiger partial charge on any atom is -0.503 e. The molecule has 3 aromatic rings. The van der Waals surface area contributed by atoms with E-state index in [4.69, 9.17) is 4.74 Å². The second-order valence-corrected chi connectivity index (χ2v) is 8.24. The van der Waals surface area contributed by atoms with Gasteiger partial charge in [-0.2, -0.15) is 0 Å². The first-order chi connectivity index (χ1) is 15.9. The first kappa shape index (κ1) is 22.3. The SMILES string of the molecule is COc1cccc(C2C(C(=O)CCc3ccccc3)=C(O)C(=O)N2c2cccc(C)c2C)c1. The maximum atomic E-state index is 13.4. The molecule has 0 spiro atoms. The van der Waals surface area contributed by atoms with Gasteiger partial charge >= 0.3 is 0 Å². The van der Waals surface area contributed by atoms with E-state index in [1.54, 1.807) is 13.2 Å². The summed E-state index contributed by atoms with van der Waals surface area (Å²) in [6.45, 7) is 3.91. The van der Waals surface area contributed by atoms with Crippen molar-refractivity contribution in [2.24, 2.45) is 0 Å². The van der Waals surface area contributed by atoms with E-state index >= 15 is 0 Å². The number of amides is 1. The summed E-state index contributed by atoms with van der Waals surface area (Å²) in [5.74, 6) is -0.685. The third-order valence-corrected chi connectivity index (χ3v) is 6.24. The largest absolute Gasteiger partial charge is 0.503 e. The van der Waals surface area contributed by atoms with Crippen molar-refractivity contribution in [3.8, 4) is 5.75 Å². The Balaban J connectivity index is 1.78. The molecule has 1 aliphatic rings. The van der Waals surface area contributed by atoms with Crippen LogP contribution in [0.3, 0.4) is 0 Å². The highest BCUT2D eigenvalue weighted by molar-refractivity contribution is 6.16. The van der Waals surface area contributed by atoms with Crippen LogP contribution in [0.25, 0.3) is 0 Å². The number of aryl methyl sites for hydroxylation is 2. The first-order valence-corrected chi connectivity index (χ1v) is 11.0. The Morgan fingerprint density at radius 3 is 2.45 bits per heavy atom. The molecule has 3 aromatic carbocycles. The standard InChI is InChI=1S/C28H27NO4/c1-18-9-7-14-23(19(18)2)29-26(21-12-8-13-22(17-21)33-3)25(27(31)28(29)32)24(30)16-15-20-10-5-4-6-11-20/h4-14,17,26,31H,15-16H2,1-3H3. The third-order valence-electron chi connectivity index (χ3n) is 6.24. The van der Waals surface area contributed by atoms with Crippen LogP contribution < -0.4 is 9.64 Å². The second-order valence-electron chi connectivity index (χ2n) is 8.24. The Labute approximate surface area is 193 Å². The van der Waals surface area contributed by atoms with Crippen molar-refractivity contribution in [3.05, 3.63) is 106 Å². The zero-order chi connectivity index (χ0) is 23.5. The highest BCUT2D eigenvalue weighted by atomic mass is 16.5. The molecule has 168 valence electrons. The van der Waals surface area contributed by atoms with Gasteiger partial charge in [0.25, 0.3) is 5.91 Å². The van der Waals surface area contributed by atoms with Gasteiger partial charge in [0.15, 0.2) is 11.5 Å². The summed E-state index contributed by atoms with van der Waals surface area (Å²) in [7, 11) is 1.57. The smallest absolute Gasteiger partial charge is 0.294 e. The van der Waals surface area contributed by atoms with E-state index in [1.807, 2.05) is 80.6 Å². The molecule has 4 rings (SSSR count). The highest BCUT2D eigenvalue weighted by Gasteiger charge is 2.44. The van der Waals surface area contributed by atoms with Crippen LogP contribution in [-0.2, 0) is 16.0 Å². The van der Waals surface area contributed by atoms with E-state index < -0.39 is 17.7 Å². The minimum absolute atomic E-state index is 0.130. The molecule has 0 bridgehead atoms. The lowest BCUT2D eigenvalue weighted by atomic mass is 9.92. The van der Waals surface area contributed by atoms with Gasteiger partial charge in [-0.15, -0.1) is 0 Å². The van der Waals surface area contributed by atoms with Gasteiger partial charge in [-0.25, -0.2) is 0 Å². The summed E-state index contributed by atoms with van der Waals surface area (Å²) in [4.78, 5) is 28.3. The molecule has 0 radical (unpaired) electrons. The lowest BCUT2D eigenvalue weighted by molar-refractivity contribution is -0.118. The summed E-state index contributed by atoms with van der Waals surface area (Å²) in [6.07, 6.45) is 0.719. The molecule has 0 saturated heterocycles. The van der Waals surface area contributed by atoms with Crippen LogP contribution in [0.1, 0.15) is 34.7 Å². The predicted octanol–water partition coefficient (Wildman–Crippen LogP) is 5.41. The number of rotatable bonds is 7. The van der Waals surface area contributed by atoms with E-state index in [2.05, 4.69) is 0 Å². The fraction of sp³-hybridized carbons (Fsp3) is 0.214. The molecule has 1 heterocycles. The minimum atomic E-state index is -0.739. The number of methoxy groups -OCH3 is 1. The zero-order valence-corrected chi connectivity index (χ0v) is 19.0. The van der Waals surface area contributed by atoms with Crippen LogP contribution in [0.15, 0.2) is 84.1 Å². The molecule has 0 fully saturated rings. The molecule has 0 aliphatic carbocycles. The van der Waals surface area contributed by atoms with E-state index in [1.165, 1.54) is 4.90 Å². The molecule has 1 amide bonds. The van der Waals surface area contributed by atoms with Gasteiger partial charge in [-0.3, -0.25) is 14.5 Å². The summed E-state index contributed by atoms with van der Waals surface area (Å²) >= 11 is 0. The Bertz CT molecular complexity index is 1230. The van der Waals surface area contributed by atoms with Crippen molar-refractivity contribution in [2.45, 2.75) is 32.7 Å². The van der Waals surface area contributed by atoms with Crippen LogP contribution >= 0.6 is 0 Å². The number of ether oxygens (including phenoxy) is 1. The molecule has 1 aliphatic heterocycles. The quantitative estimate of drug-likeness (QED) is 0.532. The van der Waals surface area contributed by atoms with Crippen molar-refractivity contribution in [3.63, 3.8) is 0 Å². The Kier molecular flexibility index (Phi) is 6.31. The lowest BCUT2D eigenvalue weighted by Gasteiger charge is -2.29. The maximum Gasteiger partial charge on any atom is 0.294 e. The molecule has 5 heteroatoms. The van der Waals surface area contributed by atoms with Gasteiger partial charge in [-0.05, 0) is 60.7 Å². The average molecular weight is 442 g/mol. The highest BCUT2D eigenvalue weighted by Crippen LogP contribution is 2.43. The van der Waals surface area contributed by atoms with E-state index in [9.17, 15) is 14.7 Å². The predicted molar refractivity (Wildman–Crippen MR) is 129 cm³/mol. The number of Topliss-reactive ketones (excluding diaryl/α,β-unsaturated/α-hetero) is 1. The fourth-order valence-corrected chi connectivity index (χ4v) is 4.30. The monoisotopic (exact) mass is 441 g/mol. The van der Waals surface area contributed by atoms with Crippen molar-refractivity contribution >= 4 is 17.4 Å². The van der Waals surface area contributed by atoms with Crippen LogP contribution in [-0.4, -0.2) is 23.9 Å². The van der Waals surface area contributed by atoms with Gasteiger partial charge in [-0.1, -0.05) is 54.6 Å². The number of hydrogen-bond donors (Lipinski definition) is 1. The number of carbonyl (C=O) groups is 2. The number of ketones is 1. The molecule has 5 nitrogen and oxygen atoms in total. The van der Waals surface area contributed by atoms with Gasteiger partial charge in [0.05, 0.1) is 18.7 Å². The third kappa shape index (κ3) is 4.27. The number of carbonyl (C=O) groups excluding carboxylic acids is 2. The maximum absolute atomic E-state index is 13.4. The van der Waals surface area contributed by atoms with E-state index in [0.717, 1.165) is 16.7 Å². The van der Waals surface area contributed by atoms with Crippen molar-refractivity contribution in [1.29, 1.82) is 0 Å². The van der Waals surface area contributed by atoms with Gasteiger partial charge < -0.3 is 9.84 Å². The van der Waals surface area contributed by atoms with Crippen LogP contribution in [0.4, 0.5) is 5.69 Å². The normalized spacial score (nSPS) is 15.8. The number of aliphatic hydroxyl groups excluding tert-OH is 1. The topological polar surface area (TPSA) is 66.8 Å². The summed E-state index contributed by atoms with van der Waals surface area (Å²) in [5.41, 5.74) is 4.48. The van der Waals surface area contributed by atoms with Crippen LogP contribution in [0, 0.1) is 13.8 Å². The lowest BCUT2D eigenvalue weighted by Crippen LogP contribution is -2.31.